The summed E-state index contributed by atoms with van der Waals surface area (Å²) in [6.07, 6.45) is -12.2. The van der Waals surface area contributed by atoms with Crippen molar-refractivity contribution in [3.05, 3.63) is 35.9 Å². The molecule has 5 N–H and O–H groups in total. The van der Waals surface area contributed by atoms with Gasteiger partial charge >= 0.3 is 17.9 Å². The standard InChI is InChI=1S/C38H56O16/c1-19-15-23(34(44)47-3)17-24(31(19)54-37-30(43)29(42)27(40)20(2)49-37)51-38-33(53-35(45)22-13-9-6-10-14-22)32(28(41)26(18-39)52-38)50-25(36(46)48-4)16-21-11-7-5-8-12-21/h6,9-10,13-14,19-21,23-33,37-43H,5,7-8,11-12,15-18H2,1-4H3/t19?,20?,23?,24?,25-,26?,27?,28?,29?,30?,31?,32?,33?,37?,38?/m0/s1. The van der Waals surface area contributed by atoms with Gasteiger partial charge in [-0.15, -0.1) is 0 Å². The maximum Gasteiger partial charge on any atom is 0.338 e. The molecular formula is C38H56O16. The molecule has 4 aliphatic rings. The van der Waals surface area contributed by atoms with Crippen molar-refractivity contribution < 1.29 is 77.8 Å². The highest BCUT2D eigenvalue weighted by Crippen LogP contribution is 2.39. The van der Waals surface area contributed by atoms with Gasteiger partial charge in [-0.05, 0) is 50.2 Å². The molecule has 2 heterocycles. The quantitative estimate of drug-likeness (QED) is 0.139. The van der Waals surface area contributed by atoms with Gasteiger partial charge in [-0.25, -0.2) is 9.59 Å². The second-order valence-electron chi connectivity index (χ2n) is 14.9. The predicted molar refractivity (Wildman–Crippen MR) is 185 cm³/mol. The second-order valence-corrected chi connectivity index (χ2v) is 14.9. The molecule has 2 aliphatic heterocycles. The lowest BCUT2D eigenvalue weighted by atomic mass is 9.78. The Balaban J connectivity index is 1.49. The number of carbonyl (C=O) groups is 3. The fraction of sp³-hybridized carbons (Fsp3) is 0.763. The zero-order valence-corrected chi connectivity index (χ0v) is 31.2. The number of ether oxygens (including phenoxy) is 8. The van der Waals surface area contributed by atoms with Crippen molar-refractivity contribution in [2.24, 2.45) is 17.8 Å². The largest absolute Gasteiger partial charge is 0.469 e. The van der Waals surface area contributed by atoms with E-state index in [1.165, 1.54) is 33.3 Å². The molecule has 1 aromatic carbocycles. The molecular weight excluding hydrogens is 712 g/mol. The molecule has 4 fully saturated rings. The van der Waals surface area contributed by atoms with Crippen LogP contribution in [0, 0.1) is 17.8 Å². The minimum Gasteiger partial charge on any atom is -0.469 e. The third kappa shape index (κ3) is 9.96. The van der Waals surface area contributed by atoms with Crippen molar-refractivity contribution in [3.63, 3.8) is 0 Å². The summed E-state index contributed by atoms with van der Waals surface area (Å²) in [4.78, 5) is 39.7. The van der Waals surface area contributed by atoms with Crippen molar-refractivity contribution in [1.82, 2.24) is 0 Å². The van der Waals surface area contributed by atoms with Gasteiger partial charge in [-0.2, -0.15) is 0 Å². The first kappa shape index (κ1) is 42.4. The molecule has 54 heavy (non-hydrogen) atoms. The third-order valence-electron chi connectivity index (χ3n) is 11.2. The van der Waals surface area contributed by atoms with Gasteiger partial charge in [0.05, 0.1) is 50.6 Å². The topological polar surface area (TPSA) is 226 Å². The van der Waals surface area contributed by atoms with Crippen LogP contribution in [0.3, 0.4) is 0 Å². The van der Waals surface area contributed by atoms with Crippen LogP contribution in [-0.2, 0) is 47.5 Å². The van der Waals surface area contributed by atoms with Crippen LogP contribution < -0.4 is 0 Å². The van der Waals surface area contributed by atoms with E-state index in [-0.39, 0.29) is 30.7 Å². The molecule has 16 nitrogen and oxygen atoms in total. The van der Waals surface area contributed by atoms with E-state index in [2.05, 4.69) is 0 Å². The van der Waals surface area contributed by atoms with Gasteiger partial charge in [0.15, 0.2) is 24.8 Å². The maximum absolute atomic E-state index is 13.6. The number of hydrogen-bond donors (Lipinski definition) is 5. The van der Waals surface area contributed by atoms with Gasteiger partial charge < -0.3 is 63.4 Å². The molecule has 1 aromatic rings. The summed E-state index contributed by atoms with van der Waals surface area (Å²) in [6.45, 7) is 2.59. The van der Waals surface area contributed by atoms with E-state index in [9.17, 15) is 39.9 Å². The SMILES string of the molecule is COC(=O)C1CC(C)C(OC2OC(C)C(O)C(O)C2O)C(OC2OC(CO)C(O)C(O[C@@H](CC3CCCCC3)C(=O)OC)C2OC(=O)c2ccccc2)C1. The summed E-state index contributed by atoms with van der Waals surface area (Å²) >= 11 is 0. The molecule has 16 heteroatoms. The highest BCUT2D eigenvalue weighted by Gasteiger charge is 2.54. The molecule has 304 valence electrons. The van der Waals surface area contributed by atoms with Crippen molar-refractivity contribution in [2.45, 2.75) is 145 Å². The molecule has 0 bridgehead atoms. The lowest BCUT2D eigenvalue weighted by molar-refractivity contribution is -0.349. The fourth-order valence-electron chi connectivity index (χ4n) is 8.08. The smallest absolute Gasteiger partial charge is 0.338 e. The van der Waals surface area contributed by atoms with E-state index in [4.69, 9.17) is 37.9 Å². The van der Waals surface area contributed by atoms with Gasteiger partial charge in [-0.1, -0.05) is 57.2 Å². The normalized spacial score (nSPS) is 38.2. The molecule has 15 atom stereocenters. The minimum atomic E-state index is -1.64. The number of rotatable bonds is 13. The Labute approximate surface area is 314 Å². The summed E-state index contributed by atoms with van der Waals surface area (Å²) in [5.41, 5.74) is 0.164. The van der Waals surface area contributed by atoms with Crippen LogP contribution in [0.5, 0.6) is 0 Å². The number of esters is 3. The van der Waals surface area contributed by atoms with Gasteiger partial charge in [0, 0.05) is 0 Å². The Morgan fingerprint density at radius 2 is 1.50 bits per heavy atom. The lowest BCUT2D eigenvalue weighted by Gasteiger charge is -2.48. The Morgan fingerprint density at radius 3 is 2.15 bits per heavy atom. The van der Waals surface area contributed by atoms with Crippen molar-refractivity contribution >= 4 is 17.9 Å². The molecule has 2 saturated carbocycles. The average molecular weight is 769 g/mol. The first-order chi connectivity index (χ1) is 25.9. The van der Waals surface area contributed by atoms with Crippen LogP contribution in [-0.4, -0.2) is 144 Å². The Hall–Kier alpha value is -2.77. The molecule has 0 radical (unpaired) electrons. The van der Waals surface area contributed by atoms with Gasteiger partial charge in [-0.3, -0.25) is 4.79 Å². The van der Waals surface area contributed by atoms with Crippen LogP contribution in [0.15, 0.2) is 30.3 Å². The number of benzene rings is 1. The average Bonchev–Trinajstić information content (AvgIpc) is 3.18. The molecule has 2 aliphatic carbocycles. The summed E-state index contributed by atoms with van der Waals surface area (Å²) in [7, 11) is 2.49. The first-order valence-electron chi connectivity index (χ1n) is 18.9. The zero-order chi connectivity index (χ0) is 39.1. The number of methoxy groups -OCH3 is 2. The van der Waals surface area contributed by atoms with E-state index in [0.29, 0.717) is 0 Å². The summed E-state index contributed by atoms with van der Waals surface area (Å²) < 4.78 is 47.2. The summed E-state index contributed by atoms with van der Waals surface area (Å²) in [6, 6.07) is 8.05. The summed E-state index contributed by atoms with van der Waals surface area (Å²) in [5, 5.41) is 53.5. The molecule has 2 saturated heterocycles. The second kappa shape index (κ2) is 19.4. The van der Waals surface area contributed by atoms with Crippen LogP contribution >= 0.6 is 0 Å². The van der Waals surface area contributed by atoms with Crippen LogP contribution in [0.25, 0.3) is 0 Å². The molecule has 0 spiro atoms. The molecule has 0 aromatic heterocycles. The van der Waals surface area contributed by atoms with Crippen molar-refractivity contribution in [3.8, 4) is 0 Å². The fourth-order valence-corrected chi connectivity index (χ4v) is 8.08. The van der Waals surface area contributed by atoms with E-state index in [1.807, 2.05) is 0 Å². The van der Waals surface area contributed by atoms with Crippen LogP contribution in [0.1, 0.15) is 75.6 Å². The maximum atomic E-state index is 13.6. The number of aliphatic hydroxyl groups excluding tert-OH is 5. The Kier molecular flexibility index (Phi) is 15.2. The lowest BCUT2D eigenvalue weighted by Crippen LogP contribution is -2.64. The highest BCUT2D eigenvalue weighted by atomic mass is 16.7. The van der Waals surface area contributed by atoms with E-state index >= 15 is 0 Å². The molecule has 5 rings (SSSR count). The van der Waals surface area contributed by atoms with Gasteiger partial charge in [0.2, 0.25) is 0 Å². The van der Waals surface area contributed by atoms with Crippen LogP contribution in [0.4, 0.5) is 0 Å². The summed E-state index contributed by atoms with van der Waals surface area (Å²) in [5.74, 6) is -3.02. The Morgan fingerprint density at radius 1 is 0.796 bits per heavy atom. The highest BCUT2D eigenvalue weighted by molar-refractivity contribution is 5.89. The van der Waals surface area contributed by atoms with E-state index in [0.717, 1.165) is 32.1 Å². The van der Waals surface area contributed by atoms with Gasteiger partial charge in [0.25, 0.3) is 0 Å². The molecule has 14 unspecified atom stereocenters. The van der Waals surface area contributed by atoms with E-state index < -0.39 is 116 Å². The van der Waals surface area contributed by atoms with Gasteiger partial charge in [0.1, 0.15) is 36.6 Å². The first-order valence-corrected chi connectivity index (χ1v) is 18.9. The number of carbonyl (C=O) groups excluding carboxylic acids is 3. The predicted octanol–water partition coefficient (Wildman–Crippen LogP) is 1.00. The van der Waals surface area contributed by atoms with Crippen LogP contribution in [0.2, 0.25) is 0 Å². The zero-order valence-electron chi connectivity index (χ0n) is 31.2. The van der Waals surface area contributed by atoms with Crippen molar-refractivity contribution in [2.75, 3.05) is 20.8 Å². The molecule has 0 amide bonds. The monoisotopic (exact) mass is 768 g/mol. The van der Waals surface area contributed by atoms with E-state index in [1.54, 1.807) is 25.1 Å². The number of hydrogen-bond acceptors (Lipinski definition) is 16. The minimum absolute atomic E-state index is 0.00518. The Bertz CT molecular complexity index is 1360. The third-order valence-corrected chi connectivity index (χ3v) is 11.2. The number of aliphatic hydroxyl groups is 5. The van der Waals surface area contributed by atoms with Crippen molar-refractivity contribution in [1.29, 1.82) is 0 Å².